The third-order valence-electron chi connectivity index (χ3n) is 12.0. The average molecular weight is 633 g/mol. The van der Waals surface area contributed by atoms with Gasteiger partial charge in [-0.15, -0.1) is 0 Å². The van der Waals surface area contributed by atoms with Crippen LogP contribution >= 0.6 is 0 Å². The van der Waals surface area contributed by atoms with Crippen molar-refractivity contribution in [2.24, 2.45) is 23.7 Å². The average Bonchev–Trinajstić information content (AvgIpc) is 3.45. The van der Waals surface area contributed by atoms with Crippen molar-refractivity contribution < 1.29 is 0 Å². The topological polar surface area (TPSA) is 36.7 Å². The van der Waals surface area contributed by atoms with Crippen LogP contribution in [0, 0.1) is 35.0 Å². The predicted octanol–water partition coefficient (Wildman–Crippen LogP) is 12.0. The van der Waals surface area contributed by atoms with Crippen LogP contribution in [-0.2, 0) is 5.41 Å². The highest BCUT2D eigenvalue weighted by Crippen LogP contribution is 2.66. The van der Waals surface area contributed by atoms with Crippen molar-refractivity contribution in [2.45, 2.75) is 44.9 Å². The molecule has 0 radical (unpaired) electrons. The summed E-state index contributed by atoms with van der Waals surface area (Å²) in [5, 5.41) is 9.51. The normalized spacial score (nSPS) is 23.4. The number of aromatic nitrogens is 1. The van der Waals surface area contributed by atoms with Crippen LogP contribution in [-0.4, -0.2) is 4.98 Å². The first kappa shape index (κ1) is 29.8. The molecule has 2 bridgehead atoms. The third kappa shape index (κ3) is 4.79. The Hall–Kier alpha value is -5.26. The minimum Gasteiger partial charge on any atom is -0.248 e. The SMILES string of the molecule is CC1CC2CC(C)C3(c4cc(-c5cc(-c6ccccc6)nc(-c6ccccc6)c5)ccc4-c4c(-c5ccc(C#N)cc5)cccc43)C(C1)C2. The predicted molar refractivity (Wildman–Crippen MR) is 201 cm³/mol. The molecule has 2 fully saturated rings. The molecule has 1 aromatic heterocycles. The minimum absolute atomic E-state index is 0.0357. The zero-order valence-electron chi connectivity index (χ0n) is 28.2. The zero-order chi connectivity index (χ0) is 33.1. The molecule has 238 valence electrons. The quantitative estimate of drug-likeness (QED) is 0.194. The number of nitriles is 1. The van der Waals surface area contributed by atoms with Crippen molar-refractivity contribution in [1.82, 2.24) is 4.98 Å². The molecule has 6 aromatic rings. The first-order chi connectivity index (χ1) is 24.0. The molecule has 5 atom stereocenters. The Bertz CT molecular complexity index is 2170. The van der Waals surface area contributed by atoms with Gasteiger partial charge in [-0.2, -0.15) is 5.26 Å². The highest BCUT2D eigenvalue weighted by molar-refractivity contribution is 5.94. The molecule has 0 saturated heterocycles. The van der Waals surface area contributed by atoms with Crippen molar-refractivity contribution >= 4 is 0 Å². The molecule has 2 heteroatoms. The molecule has 5 unspecified atom stereocenters. The van der Waals surface area contributed by atoms with Crippen molar-refractivity contribution in [1.29, 1.82) is 5.26 Å². The second-order valence-corrected chi connectivity index (χ2v) is 14.9. The van der Waals surface area contributed by atoms with E-state index >= 15 is 0 Å². The number of hydrogen-bond acceptors (Lipinski definition) is 2. The maximum Gasteiger partial charge on any atom is 0.0991 e. The van der Waals surface area contributed by atoms with E-state index in [0.29, 0.717) is 17.4 Å². The Labute approximate surface area is 290 Å². The van der Waals surface area contributed by atoms with Crippen molar-refractivity contribution in [3.05, 3.63) is 150 Å². The highest BCUT2D eigenvalue weighted by Gasteiger charge is 2.57. The molecule has 3 aliphatic carbocycles. The smallest absolute Gasteiger partial charge is 0.0991 e. The molecular formula is C47H40N2. The molecule has 1 heterocycles. The lowest BCUT2D eigenvalue weighted by molar-refractivity contribution is 0.0426. The van der Waals surface area contributed by atoms with Crippen LogP contribution in [0.1, 0.15) is 56.2 Å². The van der Waals surface area contributed by atoms with Crippen molar-refractivity contribution in [3.8, 4) is 62.0 Å². The Morgan fingerprint density at radius 1 is 0.571 bits per heavy atom. The summed E-state index contributed by atoms with van der Waals surface area (Å²) in [6.07, 6.45) is 5.22. The maximum absolute atomic E-state index is 9.51. The van der Waals surface area contributed by atoms with Gasteiger partial charge in [-0.05, 0) is 124 Å². The number of rotatable bonds is 4. The van der Waals surface area contributed by atoms with Gasteiger partial charge >= 0.3 is 0 Å². The van der Waals surface area contributed by atoms with Gasteiger partial charge in [-0.1, -0.05) is 117 Å². The summed E-state index contributed by atoms with van der Waals surface area (Å²) >= 11 is 0. The van der Waals surface area contributed by atoms with Gasteiger partial charge < -0.3 is 0 Å². The molecule has 0 amide bonds. The van der Waals surface area contributed by atoms with Gasteiger partial charge in [0.25, 0.3) is 0 Å². The van der Waals surface area contributed by atoms with Gasteiger partial charge in [0.2, 0.25) is 0 Å². The van der Waals surface area contributed by atoms with Gasteiger partial charge in [-0.25, -0.2) is 4.98 Å². The molecule has 9 rings (SSSR count). The highest BCUT2D eigenvalue weighted by atomic mass is 14.7. The Balaban J connectivity index is 1.28. The summed E-state index contributed by atoms with van der Waals surface area (Å²) in [6, 6.07) is 50.5. The van der Waals surface area contributed by atoms with Crippen LogP contribution in [0.15, 0.2) is 133 Å². The van der Waals surface area contributed by atoms with Crippen molar-refractivity contribution in [2.75, 3.05) is 0 Å². The van der Waals surface area contributed by atoms with Gasteiger partial charge in [0, 0.05) is 16.5 Å². The lowest BCUT2D eigenvalue weighted by Crippen LogP contribution is -2.49. The molecular weight excluding hydrogens is 593 g/mol. The van der Waals surface area contributed by atoms with E-state index < -0.39 is 0 Å². The molecule has 3 aliphatic rings. The molecule has 2 nitrogen and oxygen atoms in total. The zero-order valence-corrected chi connectivity index (χ0v) is 28.2. The van der Waals surface area contributed by atoms with E-state index in [9.17, 15) is 5.26 Å². The minimum atomic E-state index is -0.0357. The van der Waals surface area contributed by atoms with E-state index in [1.54, 1.807) is 0 Å². The molecule has 0 N–H and O–H groups in total. The first-order valence-electron chi connectivity index (χ1n) is 17.9. The van der Waals surface area contributed by atoms with Crippen LogP contribution in [0.5, 0.6) is 0 Å². The Morgan fingerprint density at radius 2 is 1.24 bits per heavy atom. The van der Waals surface area contributed by atoms with Gasteiger partial charge in [-0.3, -0.25) is 0 Å². The number of pyridine rings is 1. The van der Waals surface area contributed by atoms with Crippen LogP contribution in [0.3, 0.4) is 0 Å². The molecule has 49 heavy (non-hydrogen) atoms. The summed E-state index contributed by atoms with van der Waals surface area (Å²) in [7, 11) is 0. The number of benzene rings is 5. The van der Waals surface area contributed by atoms with Gasteiger partial charge in [0.05, 0.1) is 23.0 Å². The summed E-state index contributed by atoms with van der Waals surface area (Å²) < 4.78 is 0. The van der Waals surface area contributed by atoms with Crippen LogP contribution < -0.4 is 0 Å². The van der Waals surface area contributed by atoms with E-state index in [1.165, 1.54) is 70.2 Å². The molecule has 5 aromatic carbocycles. The number of nitrogens with zero attached hydrogens (tertiary/aromatic N) is 2. The monoisotopic (exact) mass is 632 g/mol. The number of hydrogen-bond donors (Lipinski definition) is 0. The lowest BCUT2D eigenvalue weighted by Gasteiger charge is -2.54. The molecule has 1 spiro atoms. The maximum atomic E-state index is 9.51. The molecule has 2 saturated carbocycles. The molecule has 0 aliphatic heterocycles. The van der Waals surface area contributed by atoms with Crippen molar-refractivity contribution in [3.63, 3.8) is 0 Å². The Morgan fingerprint density at radius 3 is 1.92 bits per heavy atom. The fourth-order valence-corrected chi connectivity index (χ4v) is 10.2. The second-order valence-electron chi connectivity index (χ2n) is 14.9. The van der Waals surface area contributed by atoms with E-state index in [2.05, 4.69) is 141 Å². The van der Waals surface area contributed by atoms with Crippen LogP contribution in [0.4, 0.5) is 0 Å². The fraction of sp³-hybridized carbons (Fsp3) is 0.234. The summed E-state index contributed by atoms with van der Waals surface area (Å²) in [5.74, 6) is 2.70. The summed E-state index contributed by atoms with van der Waals surface area (Å²) in [5.41, 5.74) is 15.6. The van der Waals surface area contributed by atoms with E-state index in [-0.39, 0.29) is 5.41 Å². The van der Waals surface area contributed by atoms with Crippen LogP contribution in [0.25, 0.3) is 55.9 Å². The number of fused-ring (bicyclic) bond motifs is 8. The summed E-state index contributed by atoms with van der Waals surface area (Å²) in [4.78, 5) is 5.19. The lowest BCUT2D eigenvalue weighted by atomic mass is 9.49. The van der Waals surface area contributed by atoms with E-state index in [4.69, 9.17) is 4.98 Å². The van der Waals surface area contributed by atoms with Gasteiger partial charge in [0.1, 0.15) is 0 Å². The fourth-order valence-electron chi connectivity index (χ4n) is 10.2. The van der Waals surface area contributed by atoms with Gasteiger partial charge in [0.15, 0.2) is 0 Å². The van der Waals surface area contributed by atoms with E-state index in [0.717, 1.165) is 34.4 Å². The Kier molecular flexibility index (Phi) is 7.13. The van der Waals surface area contributed by atoms with Crippen LogP contribution in [0.2, 0.25) is 0 Å². The second kappa shape index (κ2) is 11.7. The third-order valence-corrected chi connectivity index (χ3v) is 12.0. The summed E-state index contributed by atoms with van der Waals surface area (Å²) in [6.45, 7) is 5.03. The first-order valence-corrected chi connectivity index (χ1v) is 17.9. The van der Waals surface area contributed by atoms with E-state index in [1.807, 2.05) is 12.1 Å². The standard InChI is InChI=1S/C47H40N2/c1-30-22-33-24-31(2)47(39(23-30)25-33)42-15-9-14-40(34-18-16-32(29-48)17-19-34)46(42)41-21-20-37(26-43(41)47)38-27-44(35-10-5-3-6-11-35)49-45(28-38)36-12-7-4-8-13-36/h3-21,26-28,30-31,33,39H,22-25H2,1-2H3. The largest absolute Gasteiger partial charge is 0.248 e.